The SMILES string of the molecule is Cc1ccc(Cl)cc1C#CCCCC1(S(=O)(=O)c2ccc(OC(F)(F)F)cc2)SC(=O)NC1=O. The van der Waals surface area contributed by atoms with Crippen molar-refractivity contribution in [3.05, 3.63) is 58.6 Å². The predicted octanol–water partition coefficient (Wildman–Crippen LogP) is 5.22. The van der Waals surface area contributed by atoms with Crippen molar-refractivity contribution in [3.8, 4) is 17.6 Å². The maximum atomic E-state index is 13.3. The van der Waals surface area contributed by atoms with Gasteiger partial charge in [0, 0.05) is 17.0 Å². The van der Waals surface area contributed by atoms with Gasteiger partial charge in [-0.25, -0.2) is 8.42 Å². The highest BCUT2D eigenvalue weighted by molar-refractivity contribution is 8.25. The number of carbonyl (C=O) groups is 2. The Morgan fingerprint density at radius 1 is 1.15 bits per heavy atom. The predicted molar refractivity (Wildman–Crippen MR) is 121 cm³/mol. The lowest BCUT2D eigenvalue weighted by Crippen LogP contribution is -2.43. The molecule has 6 nitrogen and oxygen atoms in total. The Balaban J connectivity index is 1.81. The second kappa shape index (κ2) is 9.90. The van der Waals surface area contributed by atoms with Crippen LogP contribution in [0, 0.1) is 18.8 Å². The smallest absolute Gasteiger partial charge is 0.406 e. The van der Waals surface area contributed by atoms with Crippen LogP contribution in [0.3, 0.4) is 0 Å². The normalized spacial score (nSPS) is 18.3. The Morgan fingerprint density at radius 2 is 1.82 bits per heavy atom. The van der Waals surface area contributed by atoms with Gasteiger partial charge in [-0.3, -0.25) is 14.9 Å². The van der Waals surface area contributed by atoms with E-state index in [0.29, 0.717) is 22.3 Å². The van der Waals surface area contributed by atoms with Gasteiger partial charge in [0.05, 0.1) is 4.90 Å². The zero-order valence-corrected chi connectivity index (χ0v) is 19.9. The quantitative estimate of drug-likeness (QED) is 0.406. The molecule has 12 heteroatoms. The van der Waals surface area contributed by atoms with E-state index in [1.807, 2.05) is 18.3 Å². The first-order valence-corrected chi connectivity index (χ1v) is 12.4. The highest BCUT2D eigenvalue weighted by Crippen LogP contribution is 2.44. The van der Waals surface area contributed by atoms with E-state index in [4.69, 9.17) is 11.6 Å². The Morgan fingerprint density at radius 3 is 2.41 bits per heavy atom. The fraction of sp³-hybridized carbons (Fsp3) is 0.273. The summed E-state index contributed by atoms with van der Waals surface area (Å²) in [5.41, 5.74) is 1.62. The number of benzene rings is 2. The van der Waals surface area contributed by atoms with Crippen molar-refractivity contribution in [2.45, 2.75) is 41.5 Å². The first-order chi connectivity index (χ1) is 15.8. The summed E-state index contributed by atoms with van der Waals surface area (Å²) in [5, 5.41) is 1.68. The summed E-state index contributed by atoms with van der Waals surface area (Å²) in [7, 11) is -4.47. The van der Waals surface area contributed by atoms with Gasteiger partial charge in [0.2, 0.25) is 13.9 Å². The average Bonchev–Trinajstić information content (AvgIpc) is 3.04. The lowest BCUT2D eigenvalue weighted by atomic mass is 10.1. The van der Waals surface area contributed by atoms with Gasteiger partial charge in [-0.2, -0.15) is 0 Å². The molecule has 0 radical (unpaired) electrons. The first kappa shape index (κ1) is 25.9. The van der Waals surface area contributed by atoms with Gasteiger partial charge in [-0.05, 0) is 73.5 Å². The van der Waals surface area contributed by atoms with Gasteiger partial charge < -0.3 is 4.74 Å². The molecule has 1 fully saturated rings. The minimum atomic E-state index is -4.94. The third-order valence-electron chi connectivity index (χ3n) is 4.85. The van der Waals surface area contributed by atoms with Gasteiger partial charge in [0.15, 0.2) is 0 Å². The number of alkyl halides is 3. The molecule has 1 aliphatic heterocycles. The van der Waals surface area contributed by atoms with Crippen LogP contribution >= 0.6 is 23.4 Å². The number of aryl methyl sites for hydroxylation is 1. The molecule has 1 aliphatic rings. The molecule has 1 N–H and O–H groups in total. The zero-order chi connectivity index (χ0) is 25.1. The van der Waals surface area contributed by atoms with E-state index in [-0.39, 0.29) is 19.3 Å². The van der Waals surface area contributed by atoms with E-state index >= 15 is 0 Å². The molecule has 2 amide bonds. The lowest BCUT2D eigenvalue weighted by molar-refractivity contribution is -0.274. The van der Waals surface area contributed by atoms with Crippen LogP contribution in [0.1, 0.15) is 30.4 Å². The Labute approximate surface area is 203 Å². The number of hydrogen-bond acceptors (Lipinski definition) is 6. The molecule has 1 atom stereocenters. The maximum absolute atomic E-state index is 13.3. The monoisotopic (exact) mass is 531 g/mol. The molecule has 0 aliphatic carbocycles. The second-order valence-corrected chi connectivity index (χ2v) is 11.4. The highest BCUT2D eigenvalue weighted by atomic mass is 35.5. The molecule has 34 heavy (non-hydrogen) atoms. The topological polar surface area (TPSA) is 89.5 Å². The molecule has 1 heterocycles. The van der Waals surface area contributed by atoms with Crippen molar-refractivity contribution in [1.29, 1.82) is 0 Å². The summed E-state index contributed by atoms with van der Waals surface area (Å²) in [6.07, 6.45) is -4.79. The van der Waals surface area contributed by atoms with Crippen LogP contribution in [0.2, 0.25) is 5.02 Å². The van der Waals surface area contributed by atoms with E-state index in [0.717, 1.165) is 29.8 Å². The largest absolute Gasteiger partial charge is 0.573 e. The molecule has 2 aromatic carbocycles. The van der Waals surface area contributed by atoms with Crippen LogP contribution in [0.15, 0.2) is 47.4 Å². The van der Waals surface area contributed by atoms with Crippen LogP contribution in [0.25, 0.3) is 0 Å². The molecular weight excluding hydrogens is 515 g/mol. The van der Waals surface area contributed by atoms with Crippen molar-refractivity contribution in [3.63, 3.8) is 0 Å². The number of hydrogen-bond donors (Lipinski definition) is 1. The number of halogens is 4. The summed E-state index contributed by atoms with van der Waals surface area (Å²) >= 11 is 6.30. The molecule has 0 spiro atoms. The van der Waals surface area contributed by atoms with Crippen molar-refractivity contribution in [2.75, 3.05) is 0 Å². The van der Waals surface area contributed by atoms with Crippen LogP contribution in [0.4, 0.5) is 18.0 Å². The summed E-state index contributed by atoms with van der Waals surface area (Å²) in [4.78, 5) is 24.1. The number of unbranched alkanes of at least 4 members (excludes halogenated alkanes) is 1. The fourth-order valence-corrected chi connectivity index (χ4v) is 6.74. The Kier molecular flexibility index (Phi) is 7.55. The molecule has 180 valence electrons. The van der Waals surface area contributed by atoms with E-state index in [1.165, 1.54) is 0 Å². The average molecular weight is 532 g/mol. The first-order valence-electron chi connectivity index (χ1n) is 9.74. The van der Waals surface area contributed by atoms with E-state index < -0.39 is 42.1 Å². The molecule has 3 rings (SSSR count). The number of sulfone groups is 1. The van der Waals surface area contributed by atoms with Gasteiger partial charge in [-0.1, -0.05) is 29.5 Å². The molecule has 1 saturated heterocycles. The van der Waals surface area contributed by atoms with Crippen molar-refractivity contribution >= 4 is 44.3 Å². The van der Waals surface area contributed by atoms with Crippen molar-refractivity contribution in [1.82, 2.24) is 5.32 Å². The number of rotatable bonds is 6. The molecule has 0 aromatic heterocycles. The van der Waals surface area contributed by atoms with E-state index in [1.54, 1.807) is 12.1 Å². The van der Waals surface area contributed by atoms with Crippen molar-refractivity contribution in [2.24, 2.45) is 0 Å². The van der Waals surface area contributed by atoms with E-state index in [2.05, 4.69) is 16.6 Å². The summed E-state index contributed by atoms with van der Waals surface area (Å²) in [6.45, 7) is 1.86. The highest BCUT2D eigenvalue weighted by Gasteiger charge is 2.58. The number of thioether (sulfide) groups is 1. The minimum absolute atomic E-state index is 0.162. The molecule has 1 unspecified atom stereocenters. The minimum Gasteiger partial charge on any atom is -0.406 e. The van der Waals surface area contributed by atoms with Crippen LogP contribution in [-0.4, -0.2) is 30.0 Å². The Bertz CT molecular complexity index is 1280. The number of carbonyl (C=O) groups excluding carboxylic acids is 2. The summed E-state index contributed by atoms with van der Waals surface area (Å²) < 4.78 is 65.4. The summed E-state index contributed by atoms with van der Waals surface area (Å²) in [5.74, 6) is 4.23. The van der Waals surface area contributed by atoms with Crippen LogP contribution in [-0.2, 0) is 14.6 Å². The van der Waals surface area contributed by atoms with Gasteiger partial charge in [0.1, 0.15) is 5.75 Å². The lowest BCUT2D eigenvalue weighted by Gasteiger charge is -2.24. The molecule has 0 saturated carbocycles. The standard InChI is InChI=1S/C22H17ClF3NO5S2/c1-14-6-7-16(23)13-15(14)5-3-2-4-12-21(19(28)27-20(29)33-21)34(30,31)18-10-8-17(9-11-18)32-22(24,25)26/h6-11,13H,2,4,12H2,1H3,(H,27,28,29). The van der Waals surface area contributed by atoms with E-state index in [9.17, 15) is 31.2 Å². The summed E-state index contributed by atoms with van der Waals surface area (Å²) in [6, 6.07) is 8.68. The zero-order valence-electron chi connectivity index (χ0n) is 17.5. The number of ether oxygens (including phenoxy) is 1. The molecular formula is C22H17ClF3NO5S2. The number of imide groups is 1. The fourth-order valence-electron chi connectivity index (χ4n) is 3.19. The van der Waals surface area contributed by atoms with Crippen LogP contribution in [0.5, 0.6) is 5.75 Å². The van der Waals surface area contributed by atoms with Gasteiger partial charge in [-0.15, -0.1) is 13.2 Å². The third kappa shape index (κ3) is 5.68. The Hall–Kier alpha value is -2.68. The van der Waals surface area contributed by atoms with Gasteiger partial charge >= 0.3 is 6.36 Å². The number of nitrogens with one attached hydrogen (secondary N) is 1. The third-order valence-corrected chi connectivity index (χ3v) is 9.15. The second-order valence-electron chi connectivity index (χ2n) is 7.23. The maximum Gasteiger partial charge on any atom is 0.573 e. The van der Waals surface area contributed by atoms with Crippen LogP contribution < -0.4 is 10.1 Å². The van der Waals surface area contributed by atoms with Crippen molar-refractivity contribution < 1.29 is 35.9 Å². The van der Waals surface area contributed by atoms with Gasteiger partial charge in [0.25, 0.3) is 11.1 Å². The molecule has 2 aromatic rings. The number of amides is 2. The molecule has 0 bridgehead atoms.